The maximum absolute atomic E-state index is 14.0. The van der Waals surface area contributed by atoms with Crippen molar-refractivity contribution in [2.24, 2.45) is 0 Å². The molecule has 1 atom stereocenters. The SMILES string of the molecule is CC(On1c(=O)[nH]c2ncc(-c3cnn(C4CCNCC4)c3)cc21)c1c(Cl)ccc(F)c1Cl. The lowest BCUT2D eigenvalue weighted by Gasteiger charge is -2.22. The van der Waals surface area contributed by atoms with Crippen molar-refractivity contribution >= 4 is 34.4 Å². The van der Waals surface area contributed by atoms with E-state index in [0.717, 1.165) is 41.8 Å². The molecule has 1 aromatic carbocycles. The number of nitrogens with zero attached hydrogens (tertiary/aromatic N) is 4. The highest BCUT2D eigenvalue weighted by Gasteiger charge is 2.22. The number of aromatic amines is 1. The largest absolute Gasteiger partial charge is 0.401 e. The molecule has 1 saturated heterocycles. The molecule has 5 rings (SSSR count). The molecule has 1 aliphatic heterocycles. The van der Waals surface area contributed by atoms with Gasteiger partial charge in [-0.1, -0.05) is 23.2 Å². The highest BCUT2D eigenvalue weighted by Crippen LogP contribution is 2.33. The molecule has 0 aliphatic carbocycles. The van der Waals surface area contributed by atoms with E-state index in [1.165, 1.54) is 12.1 Å². The number of aromatic nitrogens is 5. The Bertz CT molecular complexity index is 1380. The molecule has 172 valence electrons. The predicted molar refractivity (Wildman–Crippen MR) is 124 cm³/mol. The van der Waals surface area contributed by atoms with Gasteiger partial charge in [-0.25, -0.2) is 14.2 Å². The van der Waals surface area contributed by atoms with Crippen molar-refractivity contribution in [3.05, 3.63) is 68.7 Å². The molecule has 1 fully saturated rings. The van der Waals surface area contributed by atoms with Crippen LogP contribution >= 0.6 is 23.2 Å². The second kappa shape index (κ2) is 8.81. The Labute approximate surface area is 198 Å². The van der Waals surface area contributed by atoms with Crippen molar-refractivity contribution in [3.63, 3.8) is 0 Å². The van der Waals surface area contributed by atoms with Gasteiger partial charge in [0.1, 0.15) is 11.3 Å². The van der Waals surface area contributed by atoms with Crippen LogP contribution in [0.4, 0.5) is 4.39 Å². The summed E-state index contributed by atoms with van der Waals surface area (Å²) in [6.07, 6.45) is 6.69. The van der Waals surface area contributed by atoms with Crippen LogP contribution in [0.3, 0.4) is 0 Å². The molecule has 1 aliphatic rings. The number of nitrogens with one attached hydrogen (secondary N) is 2. The lowest BCUT2D eigenvalue weighted by Crippen LogP contribution is -2.29. The molecule has 3 aromatic heterocycles. The molecular formula is C22H21Cl2FN6O2. The van der Waals surface area contributed by atoms with E-state index in [2.05, 4.69) is 20.4 Å². The van der Waals surface area contributed by atoms with Crippen LogP contribution in [-0.4, -0.2) is 37.6 Å². The highest BCUT2D eigenvalue weighted by molar-refractivity contribution is 6.36. The van der Waals surface area contributed by atoms with E-state index in [1.54, 1.807) is 25.4 Å². The molecule has 0 bridgehead atoms. The van der Waals surface area contributed by atoms with Crippen LogP contribution in [-0.2, 0) is 0 Å². The van der Waals surface area contributed by atoms with Crippen LogP contribution in [0.1, 0.15) is 37.5 Å². The topological polar surface area (TPSA) is 89.8 Å². The third-order valence-corrected chi connectivity index (χ3v) is 6.58. The smallest absolute Gasteiger partial charge is 0.360 e. The zero-order valence-electron chi connectivity index (χ0n) is 17.7. The number of halogens is 3. The molecule has 8 nitrogen and oxygen atoms in total. The monoisotopic (exact) mass is 490 g/mol. The fraction of sp³-hybridized carbons (Fsp3) is 0.318. The number of pyridine rings is 1. The summed E-state index contributed by atoms with van der Waals surface area (Å²) in [7, 11) is 0. The van der Waals surface area contributed by atoms with Gasteiger partial charge in [-0.05, 0) is 51.1 Å². The highest BCUT2D eigenvalue weighted by atomic mass is 35.5. The lowest BCUT2D eigenvalue weighted by atomic mass is 10.1. The van der Waals surface area contributed by atoms with Gasteiger partial charge in [0.2, 0.25) is 0 Å². The molecule has 11 heteroatoms. The Kier molecular flexibility index (Phi) is 5.86. The van der Waals surface area contributed by atoms with Crippen molar-refractivity contribution in [2.75, 3.05) is 13.1 Å². The molecule has 0 spiro atoms. The van der Waals surface area contributed by atoms with Gasteiger partial charge in [0, 0.05) is 34.1 Å². The van der Waals surface area contributed by atoms with Crippen LogP contribution in [0.5, 0.6) is 0 Å². The van der Waals surface area contributed by atoms with Crippen molar-refractivity contribution in [1.82, 2.24) is 29.8 Å². The van der Waals surface area contributed by atoms with Crippen LogP contribution in [0, 0.1) is 5.82 Å². The average molecular weight is 491 g/mol. The standard InChI is InChI=1S/C22H21Cl2FN6O2/c1-12(19-16(23)2-3-17(25)20(19)24)33-31-18-8-13(9-27-21(18)29-22(31)32)14-10-28-30(11-14)15-4-6-26-7-5-15/h2-3,8-12,15,26H,4-7H2,1H3,(H,27,29,32). The summed E-state index contributed by atoms with van der Waals surface area (Å²) in [6, 6.07) is 4.73. The Morgan fingerprint density at radius 1 is 1.21 bits per heavy atom. The summed E-state index contributed by atoms with van der Waals surface area (Å²) in [5.74, 6) is -0.618. The molecule has 4 heterocycles. The van der Waals surface area contributed by atoms with Crippen molar-refractivity contribution in [3.8, 4) is 11.1 Å². The molecule has 33 heavy (non-hydrogen) atoms. The Morgan fingerprint density at radius 3 is 2.79 bits per heavy atom. The van der Waals surface area contributed by atoms with Crippen molar-refractivity contribution in [2.45, 2.75) is 31.9 Å². The van der Waals surface area contributed by atoms with Crippen LogP contribution in [0.15, 0.2) is 41.6 Å². The molecule has 0 amide bonds. The fourth-order valence-electron chi connectivity index (χ4n) is 4.11. The fourth-order valence-corrected chi connectivity index (χ4v) is 4.79. The van der Waals surface area contributed by atoms with E-state index in [1.807, 2.05) is 10.9 Å². The summed E-state index contributed by atoms with van der Waals surface area (Å²) < 4.78 is 17.0. The summed E-state index contributed by atoms with van der Waals surface area (Å²) >= 11 is 12.3. The molecule has 0 radical (unpaired) electrons. The second-order valence-electron chi connectivity index (χ2n) is 8.01. The van der Waals surface area contributed by atoms with Gasteiger partial charge in [0.15, 0.2) is 11.8 Å². The molecule has 1 unspecified atom stereocenters. The maximum atomic E-state index is 14.0. The average Bonchev–Trinajstić information content (AvgIpc) is 3.42. The maximum Gasteiger partial charge on any atom is 0.360 e. The van der Waals surface area contributed by atoms with Crippen molar-refractivity contribution in [1.29, 1.82) is 0 Å². The Balaban J connectivity index is 1.48. The number of imidazole rings is 1. The minimum Gasteiger partial charge on any atom is -0.401 e. The van der Waals surface area contributed by atoms with E-state index >= 15 is 0 Å². The van der Waals surface area contributed by atoms with E-state index in [-0.39, 0.29) is 15.6 Å². The summed E-state index contributed by atoms with van der Waals surface area (Å²) in [5.41, 5.74) is 2.20. The molecular weight excluding hydrogens is 470 g/mol. The van der Waals surface area contributed by atoms with E-state index in [9.17, 15) is 9.18 Å². The minimum absolute atomic E-state index is 0.146. The van der Waals surface area contributed by atoms with Crippen LogP contribution < -0.4 is 15.8 Å². The summed E-state index contributed by atoms with van der Waals surface area (Å²) in [5, 5.41) is 7.97. The number of H-pyrrole nitrogens is 1. The van der Waals surface area contributed by atoms with E-state index in [0.29, 0.717) is 17.2 Å². The van der Waals surface area contributed by atoms with E-state index < -0.39 is 17.6 Å². The summed E-state index contributed by atoms with van der Waals surface area (Å²) in [4.78, 5) is 25.5. The third kappa shape index (κ3) is 4.12. The first-order chi connectivity index (χ1) is 15.9. The van der Waals surface area contributed by atoms with Gasteiger partial charge in [-0.15, -0.1) is 4.73 Å². The Hall–Kier alpha value is -2.88. The lowest BCUT2D eigenvalue weighted by molar-refractivity contribution is 0.0492. The number of piperidine rings is 1. The first-order valence-corrected chi connectivity index (χ1v) is 11.3. The van der Waals surface area contributed by atoms with Gasteiger partial charge in [0.25, 0.3) is 0 Å². The van der Waals surface area contributed by atoms with Gasteiger partial charge in [-0.3, -0.25) is 9.67 Å². The normalized spacial score (nSPS) is 15.8. The predicted octanol–water partition coefficient (Wildman–Crippen LogP) is 4.15. The van der Waals surface area contributed by atoms with Crippen molar-refractivity contribution < 1.29 is 9.23 Å². The second-order valence-corrected chi connectivity index (χ2v) is 8.80. The molecule has 4 aromatic rings. The first kappa shape index (κ1) is 21.9. The van der Waals surface area contributed by atoms with Gasteiger partial charge in [-0.2, -0.15) is 5.10 Å². The van der Waals surface area contributed by atoms with Gasteiger partial charge < -0.3 is 10.2 Å². The summed E-state index contributed by atoms with van der Waals surface area (Å²) in [6.45, 7) is 3.58. The van der Waals surface area contributed by atoms with E-state index in [4.69, 9.17) is 28.0 Å². The third-order valence-electron chi connectivity index (χ3n) is 5.86. The zero-order valence-corrected chi connectivity index (χ0v) is 19.2. The van der Waals surface area contributed by atoms with Crippen LogP contribution in [0.25, 0.3) is 22.3 Å². The quantitative estimate of drug-likeness (QED) is 0.410. The van der Waals surface area contributed by atoms with Crippen LogP contribution in [0.2, 0.25) is 10.0 Å². The number of fused-ring (bicyclic) bond motifs is 1. The van der Waals surface area contributed by atoms with Gasteiger partial charge in [0.05, 0.1) is 17.3 Å². The number of rotatable bonds is 5. The Morgan fingerprint density at radius 2 is 2.00 bits per heavy atom. The molecule has 0 saturated carbocycles. The zero-order chi connectivity index (χ0) is 23.1. The minimum atomic E-state index is -0.802. The number of hydrogen-bond donors (Lipinski definition) is 2. The number of hydrogen-bond acceptors (Lipinski definition) is 5. The van der Waals surface area contributed by atoms with Gasteiger partial charge >= 0.3 is 5.69 Å². The molecule has 2 N–H and O–H groups in total. The number of benzene rings is 1. The first-order valence-electron chi connectivity index (χ1n) is 10.6.